The molecule has 0 aromatic heterocycles. The third-order valence-corrected chi connectivity index (χ3v) is 0.567. The summed E-state index contributed by atoms with van der Waals surface area (Å²) < 4.78 is 0. The molecule has 0 N–H and O–H groups in total. The normalized spacial score (nSPS) is 5.17. The summed E-state index contributed by atoms with van der Waals surface area (Å²) >= 11 is 5.28. The van der Waals surface area contributed by atoms with E-state index in [4.69, 9.17) is 0 Å². The molecule has 0 saturated heterocycles. The molecule has 0 spiro atoms. The zero-order valence-electron chi connectivity index (χ0n) is 3.75. The first-order chi connectivity index (χ1) is 2.91. The van der Waals surface area contributed by atoms with E-state index in [2.05, 4.69) is 45.1 Å². The Morgan fingerprint density at radius 1 is 1.83 bits per heavy atom. The molecule has 0 aromatic carbocycles. The molecule has 2 heteroatoms. The molecule has 0 unspecified atom stereocenters. The van der Waals surface area contributed by atoms with Gasteiger partial charge in [0.2, 0.25) is 0 Å². The minimum absolute atomic E-state index is 0.896. The number of alkyl halides is 2. The molecule has 0 aliphatic heterocycles. The first-order valence-electron chi connectivity index (χ1n) is 1.46. The SMILES string of the molecule is C=CCBr.CI. The lowest BCUT2D eigenvalue weighted by atomic mass is 10.8. The Labute approximate surface area is 61.3 Å². The summed E-state index contributed by atoms with van der Waals surface area (Å²) in [6.45, 7) is 3.43. The maximum Gasteiger partial charge on any atom is 0.0209 e. The summed E-state index contributed by atoms with van der Waals surface area (Å²) in [5.41, 5.74) is 0. The van der Waals surface area contributed by atoms with Crippen LogP contribution >= 0.6 is 38.5 Å². The van der Waals surface area contributed by atoms with E-state index >= 15 is 0 Å². The number of halogens is 2. The predicted molar refractivity (Wildman–Crippen MR) is 43.9 cm³/mol. The van der Waals surface area contributed by atoms with E-state index in [0.717, 1.165) is 5.33 Å². The average molecular weight is 263 g/mol. The standard InChI is InChI=1S/C3H5Br.CH3I/c1-2-3-4;1-2/h2H,1,3H2;1H3. The summed E-state index contributed by atoms with van der Waals surface area (Å²) in [4.78, 5) is 1.97. The predicted octanol–water partition coefficient (Wildman–Crippen LogP) is 2.62. The third-order valence-electron chi connectivity index (χ3n) is 0.109. The van der Waals surface area contributed by atoms with Crippen molar-refractivity contribution in [1.29, 1.82) is 0 Å². The Bertz CT molecular complexity index is 21.5. The molecular weight excluding hydrogens is 255 g/mol. The molecule has 0 nitrogen and oxygen atoms in total. The summed E-state index contributed by atoms with van der Waals surface area (Å²) in [5.74, 6) is 0. The second-order valence-corrected chi connectivity index (χ2v) is 1.09. The molecular formula is C4H8BrI. The summed E-state index contributed by atoms with van der Waals surface area (Å²) in [7, 11) is 0. The summed E-state index contributed by atoms with van der Waals surface area (Å²) in [6.07, 6.45) is 1.79. The van der Waals surface area contributed by atoms with Crippen LogP contribution in [-0.4, -0.2) is 10.3 Å². The minimum atomic E-state index is 0.896. The molecule has 0 saturated carbocycles. The van der Waals surface area contributed by atoms with Crippen LogP contribution in [0.4, 0.5) is 0 Å². The number of allylic oxidation sites excluding steroid dienone is 1. The fraction of sp³-hybridized carbons (Fsp3) is 0.500. The van der Waals surface area contributed by atoms with Crippen molar-refractivity contribution in [3.05, 3.63) is 12.7 Å². The van der Waals surface area contributed by atoms with Crippen molar-refractivity contribution in [2.45, 2.75) is 0 Å². The van der Waals surface area contributed by atoms with Crippen LogP contribution in [0.15, 0.2) is 12.7 Å². The van der Waals surface area contributed by atoms with Crippen molar-refractivity contribution in [1.82, 2.24) is 0 Å². The highest BCUT2D eigenvalue weighted by molar-refractivity contribution is 14.1. The topological polar surface area (TPSA) is 0 Å². The van der Waals surface area contributed by atoms with Crippen LogP contribution in [0, 0.1) is 0 Å². The molecule has 6 heavy (non-hydrogen) atoms. The van der Waals surface area contributed by atoms with Crippen molar-refractivity contribution in [3.63, 3.8) is 0 Å². The van der Waals surface area contributed by atoms with E-state index in [0.29, 0.717) is 0 Å². The molecule has 0 aliphatic rings. The van der Waals surface area contributed by atoms with Gasteiger partial charge < -0.3 is 0 Å². The van der Waals surface area contributed by atoms with Crippen LogP contribution < -0.4 is 0 Å². The maximum atomic E-state index is 3.43. The minimum Gasteiger partial charge on any atom is -0.102 e. The van der Waals surface area contributed by atoms with Gasteiger partial charge in [-0.2, -0.15) is 0 Å². The fourth-order valence-electron chi connectivity index (χ4n) is 0. The zero-order chi connectivity index (χ0) is 5.41. The highest BCUT2D eigenvalue weighted by atomic mass is 127. The summed E-state index contributed by atoms with van der Waals surface area (Å²) in [5, 5.41) is 0.896. The lowest BCUT2D eigenvalue weighted by molar-refractivity contribution is 1.87. The van der Waals surface area contributed by atoms with Gasteiger partial charge in [-0.25, -0.2) is 0 Å². The first kappa shape index (κ1) is 10.0. The Morgan fingerprint density at radius 2 is 2.00 bits per heavy atom. The zero-order valence-corrected chi connectivity index (χ0v) is 7.49. The van der Waals surface area contributed by atoms with E-state index in [1.165, 1.54) is 0 Å². The van der Waals surface area contributed by atoms with Crippen LogP contribution in [-0.2, 0) is 0 Å². The van der Waals surface area contributed by atoms with Gasteiger partial charge in [0.15, 0.2) is 0 Å². The van der Waals surface area contributed by atoms with Crippen LogP contribution in [0.3, 0.4) is 0 Å². The van der Waals surface area contributed by atoms with Gasteiger partial charge in [-0.05, 0) is 4.93 Å². The fourth-order valence-corrected chi connectivity index (χ4v) is 0. The average Bonchev–Trinajstić information content (AvgIpc) is 1.72. The van der Waals surface area contributed by atoms with E-state index in [-0.39, 0.29) is 0 Å². The second-order valence-electron chi connectivity index (χ2n) is 0.443. The van der Waals surface area contributed by atoms with E-state index in [9.17, 15) is 0 Å². The Kier molecular flexibility index (Phi) is 28.0. The molecule has 0 aliphatic carbocycles. The van der Waals surface area contributed by atoms with Gasteiger partial charge in [-0.15, -0.1) is 6.58 Å². The van der Waals surface area contributed by atoms with Crippen molar-refractivity contribution >= 4 is 38.5 Å². The molecule has 0 atom stereocenters. The van der Waals surface area contributed by atoms with Gasteiger partial charge in [0, 0.05) is 5.33 Å². The largest absolute Gasteiger partial charge is 0.102 e. The Morgan fingerprint density at radius 3 is 2.00 bits per heavy atom. The molecule has 0 fully saturated rings. The second kappa shape index (κ2) is 16.8. The van der Waals surface area contributed by atoms with Crippen LogP contribution in [0.2, 0.25) is 0 Å². The number of rotatable bonds is 1. The van der Waals surface area contributed by atoms with Crippen LogP contribution in [0.25, 0.3) is 0 Å². The molecule has 0 heterocycles. The monoisotopic (exact) mass is 262 g/mol. The van der Waals surface area contributed by atoms with E-state index < -0.39 is 0 Å². The lowest BCUT2D eigenvalue weighted by Crippen LogP contribution is -1.43. The van der Waals surface area contributed by atoms with Gasteiger partial charge in [0.1, 0.15) is 0 Å². The van der Waals surface area contributed by atoms with Crippen LogP contribution in [0.5, 0.6) is 0 Å². The van der Waals surface area contributed by atoms with Crippen molar-refractivity contribution in [3.8, 4) is 0 Å². The third kappa shape index (κ3) is 20.3. The van der Waals surface area contributed by atoms with Crippen molar-refractivity contribution in [2.75, 3.05) is 10.3 Å². The van der Waals surface area contributed by atoms with Crippen LogP contribution in [0.1, 0.15) is 0 Å². The Balaban J connectivity index is 0. The highest BCUT2D eigenvalue weighted by Gasteiger charge is 1.47. The molecule has 0 bridgehead atoms. The van der Waals surface area contributed by atoms with Gasteiger partial charge in [-0.1, -0.05) is 44.6 Å². The first-order valence-corrected chi connectivity index (χ1v) is 4.74. The molecule has 0 radical (unpaired) electrons. The Hall–Kier alpha value is 0.950. The van der Waals surface area contributed by atoms with E-state index in [1.54, 1.807) is 6.08 Å². The molecule has 38 valence electrons. The molecule has 0 rings (SSSR count). The van der Waals surface area contributed by atoms with E-state index in [1.807, 2.05) is 4.93 Å². The molecule has 0 amide bonds. The summed E-state index contributed by atoms with van der Waals surface area (Å²) in [6, 6.07) is 0. The number of hydrogen-bond acceptors (Lipinski definition) is 0. The highest BCUT2D eigenvalue weighted by Crippen LogP contribution is 1.73. The smallest absolute Gasteiger partial charge is 0.0209 e. The van der Waals surface area contributed by atoms with Gasteiger partial charge in [0.25, 0.3) is 0 Å². The van der Waals surface area contributed by atoms with Crippen molar-refractivity contribution in [2.24, 2.45) is 0 Å². The number of hydrogen-bond donors (Lipinski definition) is 0. The van der Waals surface area contributed by atoms with Gasteiger partial charge in [0.05, 0.1) is 0 Å². The maximum absolute atomic E-state index is 3.43. The van der Waals surface area contributed by atoms with Gasteiger partial charge >= 0.3 is 0 Å². The lowest BCUT2D eigenvalue weighted by Gasteiger charge is -1.55. The van der Waals surface area contributed by atoms with Gasteiger partial charge in [-0.3, -0.25) is 0 Å². The quantitative estimate of drug-likeness (QED) is 0.387. The molecule has 0 aromatic rings. The van der Waals surface area contributed by atoms with Crippen molar-refractivity contribution < 1.29 is 0 Å².